The predicted molar refractivity (Wildman–Crippen MR) is 84.5 cm³/mol. The van der Waals surface area contributed by atoms with Crippen molar-refractivity contribution in [3.8, 4) is 0 Å². The third kappa shape index (κ3) is 12.5. The minimum absolute atomic E-state index is 0.106. The number of quaternary nitrogens is 1. The van der Waals surface area contributed by atoms with Crippen molar-refractivity contribution < 1.29 is 22.2 Å². The first-order valence-electron chi connectivity index (χ1n) is 7.24. The van der Waals surface area contributed by atoms with Gasteiger partial charge in [-0.1, -0.05) is 6.58 Å². The number of rotatable bonds is 11. The molecule has 0 spiro atoms. The van der Waals surface area contributed by atoms with Crippen LogP contribution in [0.15, 0.2) is 12.2 Å². The highest BCUT2D eigenvalue weighted by Crippen LogP contribution is 2.06. The normalized spacial score (nSPS) is 12.2. The molecule has 0 aliphatic rings. The van der Waals surface area contributed by atoms with Gasteiger partial charge in [0.25, 0.3) is 10.1 Å². The Morgan fingerprint density at radius 3 is 2.24 bits per heavy atom. The van der Waals surface area contributed by atoms with Gasteiger partial charge in [0.1, 0.15) is 0 Å². The SMILES string of the molecule is C=C(C)C(=O)NCCC[N+](C)(C)CCCCCS(=O)(=O)O. The molecule has 0 aromatic heterocycles. The topological polar surface area (TPSA) is 83.5 Å². The van der Waals surface area contributed by atoms with Crippen LogP contribution in [0.2, 0.25) is 0 Å². The molecule has 124 valence electrons. The Kier molecular flexibility index (Phi) is 8.77. The number of hydrogen-bond donors (Lipinski definition) is 2. The van der Waals surface area contributed by atoms with Gasteiger partial charge in [-0.3, -0.25) is 9.35 Å². The number of amides is 1. The van der Waals surface area contributed by atoms with Crippen LogP contribution in [0, 0.1) is 0 Å². The summed E-state index contributed by atoms with van der Waals surface area (Å²) in [5.41, 5.74) is 0.516. The quantitative estimate of drug-likeness (QED) is 0.259. The second-order valence-corrected chi connectivity index (χ2v) is 7.69. The zero-order valence-corrected chi connectivity index (χ0v) is 14.2. The molecule has 0 heterocycles. The highest BCUT2D eigenvalue weighted by atomic mass is 32.2. The number of nitrogens with zero attached hydrogens (tertiary/aromatic N) is 1. The fourth-order valence-electron chi connectivity index (χ4n) is 1.97. The smallest absolute Gasteiger partial charge is 0.264 e. The van der Waals surface area contributed by atoms with Crippen LogP contribution in [0.5, 0.6) is 0 Å². The van der Waals surface area contributed by atoms with E-state index < -0.39 is 10.1 Å². The van der Waals surface area contributed by atoms with Gasteiger partial charge < -0.3 is 9.80 Å². The van der Waals surface area contributed by atoms with E-state index in [9.17, 15) is 13.2 Å². The summed E-state index contributed by atoms with van der Waals surface area (Å²) in [5.74, 6) is -0.265. The maximum Gasteiger partial charge on any atom is 0.264 e. The number of carbonyl (C=O) groups is 1. The second kappa shape index (κ2) is 9.17. The van der Waals surface area contributed by atoms with Crippen LogP contribution in [0.4, 0.5) is 0 Å². The Hall–Kier alpha value is -0.920. The molecule has 0 unspecified atom stereocenters. The highest BCUT2D eigenvalue weighted by Gasteiger charge is 2.14. The molecule has 0 saturated heterocycles. The van der Waals surface area contributed by atoms with E-state index in [4.69, 9.17) is 4.55 Å². The Bertz CT molecular complexity index is 444. The van der Waals surface area contributed by atoms with Gasteiger partial charge in [0, 0.05) is 18.5 Å². The predicted octanol–water partition coefficient (Wildman–Crippen LogP) is 1.20. The molecule has 0 aliphatic carbocycles. The number of carbonyl (C=O) groups excluding carboxylic acids is 1. The summed E-state index contributed by atoms with van der Waals surface area (Å²) in [6.45, 7) is 7.78. The minimum Gasteiger partial charge on any atom is -0.352 e. The van der Waals surface area contributed by atoms with Crippen LogP contribution >= 0.6 is 0 Å². The molecule has 1 amide bonds. The molecule has 2 N–H and O–H groups in total. The van der Waals surface area contributed by atoms with Gasteiger partial charge in [0.05, 0.1) is 32.9 Å². The summed E-state index contributed by atoms with van der Waals surface area (Å²) in [7, 11) is 0.404. The molecule has 7 heteroatoms. The van der Waals surface area contributed by atoms with Crippen LogP contribution < -0.4 is 5.32 Å². The van der Waals surface area contributed by atoms with Crippen LogP contribution in [-0.4, -0.2) is 62.8 Å². The van der Waals surface area contributed by atoms with E-state index in [1.54, 1.807) is 6.92 Å². The molecule has 0 bridgehead atoms. The Morgan fingerprint density at radius 1 is 1.14 bits per heavy atom. The molecule has 0 atom stereocenters. The number of hydrogen-bond acceptors (Lipinski definition) is 3. The van der Waals surface area contributed by atoms with Crippen LogP contribution in [0.3, 0.4) is 0 Å². The van der Waals surface area contributed by atoms with Crippen LogP contribution in [0.1, 0.15) is 32.6 Å². The Morgan fingerprint density at radius 2 is 1.71 bits per heavy atom. The summed E-state index contributed by atoms with van der Waals surface area (Å²) < 4.78 is 30.6. The molecule has 0 fully saturated rings. The summed E-state index contributed by atoms with van der Waals surface area (Å²) in [6, 6.07) is 0. The zero-order chi connectivity index (χ0) is 16.5. The first kappa shape index (κ1) is 20.1. The van der Waals surface area contributed by atoms with E-state index in [1.165, 1.54) is 0 Å². The molecule has 0 aliphatic heterocycles. The Labute approximate surface area is 128 Å². The molecule has 0 aromatic carbocycles. The molecule has 0 aromatic rings. The van der Waals surface area contributed by atoms with Gasteiger partial charge in [0.2, 0.25) is 5.91 Å². The molecular formula is C14H29N2O4S+. The van der Waals surface area contributed by atoms with Crippen LogP contribution in [-0.2, 0) is 14.9 Å². The van der Waals surface area contributed by atoms with Crippen molar-refractivity contribution in [3.05, 3.63) is 12.2 Å². The maximum atomic E-state index is 11.3. The highest BCUT2D eigenvalue weighted by molar-refractivity contribution is 7.85. The van der Waals surface area contributed by atoms with Crippen molar-refractivity contribution in [2.75, 3.05) is 39.5 Å². The monoisotopic (exact) mass is 321 g/mol. The lowest BCUT2D eigenvalue weighted by Gasteiger charge is -2.30. The van der Waals surface area contributed by atoms with Gasteiger partial charge in [0.15, 0.2) is 0 Å². The lowest BCUT2D eigenvalue weighted by Crippen LogP contribution is -2.42. The maximum absolute atomic E-state index is 11.3. The van der Waals surface area contributed by atoms with Crippen LogP contribution in [0.25, 0.3) is 0 Å². The van der Waals surface area contributed by atoms with Gasteiger partial charge >= 0.3 is 0 Å². The zero-order valence-electron chi connectivity index (χ0n) is 13.4. The summed E-state index contributed by atoms with van der Waals surface area (Å²) in [6.07, 6.45) is 3.08. The largest absolute Gasteiger partial charge is 0.352 e. The van der Waals surface area contributed by atoms with Crippen molar-refractivity contribution in [1.29, 1.82) is 0 Å². The van der Waals surface area contributed by atoms with Gasteiger partial charge in [-0.15, -0.1) is 0 Å². The van der Waals surface area contributed by atoms with Gasteiger partial charge in [-0.2, -0.15) is 8.42 Å². The van der Waals surface area contributed by atoms with E-state index >= 15 is 0 Å². The molecule has 6 nitrogen and oxygen atoms in total. The molecule has 21 heavy (non-hydrogen) atoms. The third-order valence-electron chi connectivity index (χ3n) is 3.28. The van der Waals surface area contributed by atoms with Gasteiger partial charge in [-0.25, -0.2) is 0 Å². The minimum atomic E-state index is -3.83. The van der Waals surface area contributed by atoms with E-state index in [1.807, 2.05) is 0 Å². The fourth-order valence-corrected chi connectivity index (χ4v) is 2.54. The first-order valence-corrected chi connectivity index (χ1v) is 8.85. The van der Waals surface area contributed by atoms with Crippen molar-refractivity contribution in [1.82, 2.24) is 5.32 Å². The summed E-state index contributed by atoms with van der Waals surface area (Å²) in [5, 5.41) is 2.80. The lowest BCUT2D eigenvalue weighted by atomic mass is 10.2. The van der Waals surface area contributed by atoms with E-state index in [0.717, 1.165) is 36.8 Å². The van der Waals surface area contributed by atoms with Gasteiger partial charge in [-0.05, 0) is 26.2 Å². The van der Waals surface area contributed by atoms with E-state index in [-0.39, 0.29) is 11.7 Å². The Balaban J connectivity index is 3.74. The fraction of sp³-hybridized carbons (Fsp3) is 0.786. The molecule has 0 saturated carbocycles. The summed E-state index contributed by atoms with van der Waals surface area (Å²) in [4.78, 5) is 11.3. The third-order valence-corrected chi connectivity index (χ3v) is 4.08. The van der Waals surface area contributed by atoms with Crippen molar-refractivity contribution in [2.24, 2.45) is 0 Å². The number of unbranched alkanes of at least 4 members (excludes halogenated alkanes) is 2. The molecule has 0 rings (SSSR count). The lowest BCUT2D eigenvalue weighted by molar-refractivity contribution is -0.890. The standard InChI is InChI=1S/C14H28N2O4S/c1-13(2)14(17)15-9-8-11-16(3,4)10-6-5-7-12-21(18,19)20/h1,5-12H2,2-4H3,(H-,15,17,18,19,20)/p+1. The average Bonchev–Trinajstić information content (AvgIpc) is 2.32. The second-order valence-electron chi connectivity index (χ2n) is 6.12. The number of nitrogens with one attached hydrogen (secondary N) is 1. The summed E-state index contributed by atoms with van der Waals surface area (Å²) >= 11 is 0. The first-order chi connectivity index (χ1) is 9.53. The van der Waals surface area contributed by atoms with E-state index in [0.29, 0.717) is 18.5 Å². The molecule has 0 radical (unpaired) electrons. The molecular weight excluding hydrogens is 292 g/mol. The average molecular weight is 321 g/mol. The van der Waals surface area contributed by atoms with E-state index in [2.05, 4.69) is 26.0 Å². The van der Waals surface area contributed by atoms with Crippen molar-refractivity contribution in [2.45, 2.75) is 32.6 Å². The van der Waals surface area contributed by atoms with Crippen molar-refractivity contribution >= 4 is 16.0 Å². The van der Waals surface area contributed by atoms with Crippen molar-refractivity contribution in [3.63, 3.8) is 0 Å².